The van der Waals surface area contributed by atoms with Crippen molar-refractivity contribution in [2.45, 2.75) is 51.2 Å². The van der Waals surface area contributed by atoms with E-state index >= 15 is 0 Å². The molecule has 1 aromatic rings. The monoisotopic (exact) mass is 261 g/mol. The number of hydrogen-bond donors (Lipinski definition) is 3. The zero-order valence-corrected chi connectivity index (χ0v) is 11.6. The highest BCUT2D eigenvalue weighted by molar-refractivity contribution is 5.88. The molecule has 1 amide bonds. The predicted molar refractivity (Wildman–Crippen MR) is 77.9 cm³/mol. The van der Waals surface area contributed by atoms with Crippen LogP contribution in [0, 0.1) is 0 Å². The van der Waals surface area contributed by atoms with E-state index in [-0.39, 0.29) is 11.9 Å². The molecule has 4 N–H and O–H groups in total. The van der Waals surface area contributed by atoms with Gasteiger partial charge in [0.25, 0.3) is 0 Å². The molecule has 1 fully saturated rings. The van der Waals surface area contributed by atoms with Crippen LogP contribution in [0.25, 0.3) is 0 Å². The summed E-state index contributed by atoms with van der Waals surface area (Å²) in [6.07, 6.45) is 3.31. The van der Waals surface area contributed by atoms with Gasteiger partial charge in [-0.1, -0.05) is 12.1 Å². The number of amides is 1. The van der Waals surface area contributed by atoms with E-state index in [4.69, 9.17) is 5.73 Å². The van der Waals surface area contributed by atoms with E-state index in [2.05, 4.69) is 23.6 Å². The summed E-state index contributed by atoms with van der Waals surface area (Å²) in [6, 6.07) is 9.10. The van der Waals surface area contributed by atoms with Crippen LogP contribution in [-0.2, 0) is 4.79 Å². The maximum absolute atomic E-state index is 11.1. The van der Waals surface area contributed by atoms with E-state index in [1.165, 1.54) is 12.5 Å². The van der Waals surface area contributed by atoms with Crippen molar-refractivity contribution in [2.24, 2.45) is 5.73 Å². The van der Waals surface area contributed by atoms with E-state index in [0.717, 1.165) is 24.9 Å². The molecule has 1 aliphatic rings. The molecule has 0 radical (unpaired) electrons. The molecule has 0 aliphatic heterocycles. The van der Waals surface area contributed by atoms with Crippen molar-refractivity contribution in [3.63, 3.8) is 0 Å². The molecule has 0 bridgehead atoms. The van der Waals surface area contributed by atoms with Crippen LogP contribution in [0.3, 0.4) is 0 Å². The van der Waals surface area contributed by atoms with Crippen molar-refractivity contribution in [3.8, 4) is 0 Å². The molecule has 0 spiro atoms. The molecular formula is C15H23N3O. The summed E-state index contributed by atoms with van der Waals surface area (Å²) in [5.74, 6) is -0.0421. The molecule has 3 atom stereocenters. The third-order valence-electron chi connectivity index (χ3n) is 3.67. The van der Waals surface area contributed by atoms with E-state index in [9.17, 15) is 4.79 Å². The molecule has 4 heteroatoms. The Morgan fingerprint density at radius 3 is 2.84 bits per heavy atom. The molecule has 1 aliphatic carbocycles. The zero-order chi connectivity index (χ0) is 13.8. The first-order chi connectivity index (χ1) is 9.04. The van der Waals surface area contributed by atoms with E-state index in [0.29, 0.717) is 12.1 Å². The Morgan fingerprint density at radius 2 is 2.21 bits per heavy atom. The third kappa shape index (κ3) is 4.04. The quantitative estimate of drug-likeness (QED) is 0.778. The number of benzene rings is 1. The molecule has 3 unspecified atom stereocenters. The Bertz CT molecular complexity index is 447. The minimum Gasteiger partial charge on any atom is -0.328 e. The molecule has 0 aromatic heterocycles. The second-order valence-corrected chi connectivity index (χ2v) is 5.47. The SMILES string of the molecule is CC(=O)Nc1cccc(C(C)NC2CCC(N)C2)c1. The van der Waals surface area contributed by atoms with Gasteiger partial charge in [0.2, 0.25) is 5.91 Å². The van der Waals surface area contributed by atoms with Crippen molar-refractivity contribution in [2.75, 3.05) is 5.32 Å². The summed E-state index contributed by atoms with van der Waals surface area (Å²) < 4.78 is 0. The standard InChI is InChI=1S/C15H23N3O/c1-10(17-15-7-6-13(16)9-15)12-4-3-5-14(8-12)18-11(2)19/h3-5,8,10,13,15,17H,6-7,9,16H2,1-2H3,(H,18,19). The van der Waals surface area contributed by atoms with Gasteiger partial charge in [0, 0.05) is 30.7 Å². The topological polar surface area (TPSA) is 67.2 Å². The molecule has 1 aromatic carbocycles. The van der Waals surface area contributed by atoms with Gasteiger partial charge in [-0.25, -0.2) is 0 Å². The lowest BCUT2D eigenvalue weighted by Gasteiger charge is -2.20. The highest BCUT2D eigenvalue weighted by Crippen LogP contribution is 2.23. The first-order valence-electron chi connectivity index (χ1n) is 6.94. The van der Waals surface area contributed by atoms with Gasteiger partial charge in [-0.2, -0.15) is 0 Å². The number of hydrogen-bond acceptors (Lipinski definition) is 3. The molecule has 2 rings (SSSR count). The van der Waals surface area contributed by atoms with Crippen LogP contribution in [0.4, 0.5) is 5.69 Å². The first kappa shape index (κ1) is 14.0. The average molecular weight is 261 g/mol. The van der Waals surface area contributed by atoms with Crippen molar-refractivity contribution in [1.29, 1.82) is 0 Å². The summed E-state index contributed by atoms with van der Waals surface area (Å²) in [6.45, 7) is 3.67. The van der Waals surface area contributed by atoms with Gasteiger partial charge in [-0.05, 0) is 43.9 Å². The third-order valence-corrected chi connectivity index (χ3v) is 3.67. The molecule has 1 saturated carbocycles. The number of carbonyl (C=O) groups is 1. The van der Waals surface area contributed by atoms with Gasteiger partial charge >= 0.3 is 0 Å². The molecule has 4 nitrogen and oxygen atoms in total. The molecular weight excluding hydrogens is 238 g/mol. The van der Waals surface area contributed by atoms with Crippen LogP contribution in [0.2, 0.25) is 0 Å². The lowest BCUT2D eigenvalue weighted by molar-refractivity contribution is -0.114. The number of carbonyl (C=O) groups excluding carboxylic acids is 1. The van der Waals surface area contributed by atoms with Crippen molar-refractivity contribution in [1.82, 2.24) is 5.32 Å². The van der Waals surface area contributed by atoms with Crippen molar-refractivity contribution in [3.05, 3.63) is 29.8 Å². The number of anilines is 1. The maximum Gasteiger partial charge on any atom is 0.221 e. The first-order valence-corrected chi connectivity index (χ1v) is 6.94. The van der Waals surface area contributed by atoms with Crippen LogP contribution >= 0.6 is 0 Å². The largest absolute Gasteiger partial charge is 0.328 e. The number of rotatable bonds is 4. The average Bonchev–Trinajstić information content (AvgIpc) is 2.74. The van der Waals surface area contributed by atoms with Crippen molar-refractivity contribution >= 4 is 11.6 Å². The summed E-state index contributed by atoms with van der Waals surface area (Å²) >= 11 is 0. The van der Waals surface area contributed by atoms with E-state index < -0.39 is 0 Å². The fraction of sp³-hybridized carbons (Fsp3) is 0.533. The van der Waals surface area contributed by atoms with Gasteiger partial charge in [0.15, 0.2) is 0 Å². The summed E-state index contributed by atoms with van der Waals surface area (Å²) in [4.78, 5) is 11.1. The molecule has 0 saturated heterocycles. The van der Waals surface area contributed by atoms with Gasteiger partial charge in [-0.15, -0.1) is 0 Å². The Hall–Kier alpha value is -1.39. The predicted octanol–water partition coefficient (Wildman–Crippen LogP) is 2.18. The van der Waals surface area contributed by atoms with Crippen LogP contribution in [0.5, 0.6) is 0 Å². The van der Waals surface area contributed by atoms with Gasteiger partial charge in [0.05, 0.1) is 0 Å². The lowest BCUT2D eigenvalue weighted by atomic mass is 10.1. The zero-order valence-electron chi connectivity index (χ0n) is 11.6. The van der Waals surface area contributed by atoms with Gasteiger partial charge < -0.3 is 16.4 Å². The molecule has 19 heavy (non-hydrogen) atoms. The Balaban J connectivity index is 1.98. The molecule has 104 valence electrons. The summed E-state index contributed by atoms with van der Waals surface area (Å²) in [5.41, 5.74) is 7.97. The Kier molecular flexibility index (Phi) is 4.56. The lowest BCUT2D eigenvalue weighted by Crippen LogP contribution is -2.30. The number of nitrogens with one attached hydrogen (secondary N) is 2. The van der Waals surface area contributed by atoms with E-state index in [1.807, 2.05) is 18.2 Å². The minimum atomic E-state index is -0.0421. The minimum absolute atomic E-state index is 0.0421. The highest BCUT2D eigenvalue weighted by Gasteiger charge is 2.23. The number of nitrogens with two attached hydrogens (primary N) is 1. The smallest absolute Gasteiger partial charge is 0.221 e. The van der Waals surface area contributed by atoms with E-state index in [1.54, 1.807) is 0 Å². The van der Waals surface area contributed by atoms with Crippen LogP contribution in [0.15, 0.2) is 24.3 Å². The van der Waals surface area contributed by atoms with Crippen LogP contribution in [-0.4, -0.2) is 18.0 Å². The Labute approximate surface area is 114 Å². The fourth-order valence-corrected chi connectivity index (χ4v) is 2.71. The Morgan fingerprint density at radius 1 is 1.42 bits per heavy atom. The second-order valence-electron chi connectivity index (χ2n) is 5.47. The normalized spacial score (nSPS) is 24.2. The summed E-state index contributed by atoms with van der Waals surface area (Å²) in [7, 11) is 0. The van der Waals surface area contributed by atoms with Gasteiger partial charge in [-0.3, -0.25) is 4.79 Å². The maximum atomic E-state index is 11.1. The van der Waals surface area contributed by atoms with Crippen LogP contribution < -0.4 is 16.4 Å². The molecule has 0 heterocycles. The van der Waals surface area contributed by atoms with Crippen LogP contribution in [0.1, 0.15) is 44.7 Å². The highest BCUT2D eigenvalue weighted by atomic mass is 16.1. The summed E-state index contributed by atoms with van der Waals surface area (Å²) in [5, 5.41) is 6.43. The second kappa shape index (κ2) is 6.17. The van der Waals surface area contributed by atoms with Gasteiger partial charge in [0.1, 0.15) is 0 Å². The fourth-order valence-electron chi connectivity index (χ4n) is 2.71. The van der Waals surface area contributed by atoms with Crippen molar-refractivity contribution < 1.29 is 4.79 Å².